The van der Waals surface area contributed by atoms with Crippen LogP contribution in [0.25, 0.3) is 0 Å². The van der Waals surface area contributed by atoms with Crippen LogP contribution in [0.4, 0.5) is 15.8 Å². The molecule has 0 bridgehead atoms. The van der Waals surface area contributed by atoms with Crippen LogP contribution in [0, 0.1) is 29.5 Å². The lowest BCUT2D eigenvalue weighted by atomic mass is 9.85. The minimum Gasteiger partial charge on any atom is -0.378 e. The second-order valence-electron chi connectivity index (χ2n) is 9.90. The van der Waals surface area contributed by atoms with E-state index in [9.17, 15) is 4.79 Å². The number of piperidine rings is 1. The number of anilines is 2. The molecule has 1 amide bonds. The molecule has 1 aliphatic carbocycles. The summed E-state index contributed by atoms with van der Waals surface area (Å²) in [7, 11) is 0. The van der Waals surface area contributed by atoms with Gasteiger partial charge in [-0.25, -0.2) is 4.39 Å². The molecule has 1 aromatic carbocycles. The van der Waals surface area contributed by atoms with Crippen molar-refractivity contribution in [2.24, 2.45) is 23.7 Å². The number of carbonyl (C=O) groups excluding carboxylic acids is 1. The number of morpholine rings is 1. The number of nitrogens with zero attached hydrogens (tertiary/aromatic N) is 2. The maximum Gasteiger partial charge on any atom is 0.268 e. The molecular weight excluding hydrogens is 449 g/mol. The molecule has 1 aromatic heterocycles. The molecule has 1 saturated carbocycles. The smallest absolute Gasteiger partial charge is 0.268 e. The lowest BCUT2D eigenvalue weighted by Crippen LogP contribution is -2.48. The highest BCUT2D eigenvalue weighted by molar-refractivity contribution is 7.12. The number of hydrogen-bond donors (Lipinski definition) is 1. The molecule has 184 valence electrons. The summed E-state index contributed by atoms with van der Waals surface area (Å²) in [6, 6.07) is 9.32. The SMILES string of the molecule is CCCC(CC)C(C1C2CNCC21)N(C(=O)c1cccs1)c1ccc(N2CCOCC2)c(F)c1. The summed E-state index contributed by atoms with van der Waals surface area (Å²) in [4.78, 5) is 18.7. The van der Waals surface area contributed by atoms with Crippen LogP contribution < -0.4 is 15.1 Å². The molecule has 4 atom stereocenters. The Morgan fingerprint density at radius 2 is 2.00 bits per heavy atom. The summed E-state index contributed by atoms with van der Waals surface area (Å²) in [5.74, 6) is 1.85. The Kier molecular flexibility index (Phi) is 7.23. The molecule has 0 radical (unpaired) electrons. The van der Waals surface area contributed by atoms with Crippen LogP contribution in [-0.4, -0.2) is 51.3 Å². The van der Waals surface area contributed by atoms with Crippen molar-refractivity contribution in [2.75, 3.05) is 49.2 Å². The zero-order chi connectivity index (χ0) is 23.7. The third-order valence-electron chi connectivity index (χ3n) is 8.03. The Morgan fingerprint density at radius 1 is 1.24 bits per heavy atom. The molecule has 3 heterocycles. The normalized spacial score (nSPS) is 25.6. The number of rotatable bonds is 9. The number of halogens is 1. The third-order valence-corrected chi connectivity index (χ3v) is 8.89. The summed E-state index contributed by atoms with van der Waals surface area (Å²) < 4.78 is 21.0. The fraction of sp³-hybridized carbons (Fsp3) is 0.593. The fourth-order valence-electron chi connectivity index (χ4n) is 6.31. The minimum atomic E-state index is -0.261. The van der Waals surface area contributed by atoms with Gasteiger partial charge in [-0.2, -0.15) is 0 Å². The van der Waals surface area contributed by atoms with Gasteiger partial charge in [-0.15, -0.1) is 11.3 Å². The van der Waals surface area contributed by atoms with E-state index in [2.05, 4.69) is 19.2 Å². The highest BCUT2D eigenvalue weighted by Crippen LogP contribution is 2.55. The Hall–Kier alpha value is -1.96. The summed E-state index contributed by atoms with van der Waals surface area (Å²) >= 11 is 1.47. The Balaban J connectivity index is 1.54. The van der Waals surface area contributed by atoms with Gasteiger partial charge in [-0.05, 0) is 72.8 Å². The van der Waals surface area contributed by atoms with Crippen molar-refractivity contribution in [3.05, 3.63) is 46.4 Å². The first-order chi connectivity index (χ1) is 16.6. The number of hydrogen-bond acceptors (Lipinski definition) is 5. The topological polar surface area (TPSA) is 44.8 Å². The highest BCUT2D eigenvalue weighted by Gasteiger charge is 2.59. The molecule has 2 aliphatic heterocycles. The molecule has 3 fully saturated rings. The Labute approximate surface area is 206 Å². The second-order valence-corrected chi connectivity index (χ2v) is 10.8. The summed E-state index contributed by atoms with van der Waals surface area (Å²) in [6.07, 6.45) is 3.18. The van der Waals surface area contributed by atoms with Gasteiger partial charge in [0.25, 0.3) is 5.91 Å². The molecule has 4 unspecified atom stereocenters. The molecule has 0 spiro atoms. The average molecular weight is 486 g/mol. The monoisotopic (exact) mass is 485 g/mol. The van der Waals surface area contributed by atoms with Crippen LogP contribution >= 0.6 is 11.3 Å². The lowest BCUT2D eigenvalue weighted by molar-refractivity contribution is 0.0960. The van der Waals surface area contributed by atoms with Crippen molar-refractivity contribution in [2.45, 2.75) is 39.2 Å². The van der Waals surface area contributed by atoms with Gasteiger partial charge in [0.05, 0.1) is 23.8 Å². The third kappa shape index (κ3) is 4.50. The predicted molar refractivity (Wildman–Crippen MR) is 136 cm³/mol. The van der Waals surface area contributed by atoms with Crippen LogP contribution in [-0.2, 0) is 4.74 Å². The van der Waals surface area contributed by atoms with Crippen molar-refractivity contribution < 1.29 is 13.9 Å². The number of nitrogens with one attached hydrogen (secondary N) is 1. The largest absolute Gasteiger partial charge is 0.378 e. The number of fused-ring (bicyclic) bond motifs is 1. The van der Waals surface area contributed by atoms with Gasteiger partial charge in [0, 0.05) is 24.8 Å². The van der Waals surface area contributed by atoms with Crippen molar-refractivity contribution in [3.8, 4) is 0 Å². The zero-order valence-corrected chi connectivity index (χ0v) is 21.0. The molecule has 34 heavy (non-hydrogen) atoms. The highest BCUT2D eigenvalue weighted by atomic mass is 32.1. The predicted octanol–water partition coefficient (Wildman–Crippen LogP) is 5.03. The second kappa shape index (κ2) is 10.3. The number of thiophene rings is 1. The van der Waals surface area contributed by atoms with Crippen molar-refractivity contribution in [3.63, 3.8) is 0 Å². The quantitative estimate of drug-likeness (QED) is 0.541. The molecule has 3 aliphatic rings. The van der Waals surface area contributed by atoms with E-state index in [-0.39, 0.29) is 17.8 Å². The first-order valence-electron chi connectivity index (χ1n) is 12.8. The maximum atomic E-state index is 15.5. The molecular formula is C27H36FN3O2S. The van der Waals surface area contributed by atoms with Gasteiger partial charge < -0.3 is 19.9 Å². The number of ether oxygens (including phenoxy) is 1. The van der Waals surface area contributed by atoms with E-state index in [1.54, 1.807) is 6.07 Å². The zero-order valence-electron chi connectivity index (χ0n) is 20.2. The number of benzene rings is 1. The van der Waals surface area contributed by atoms with E-state index >= 15 is 4.39 Å². The minimum absolute atomic E-state index is 0.00556. The Morgan fingerprint density at radius 3 is 2.62 bits per heavy atom. The molecule has 2 aromatic rings. The van der Waals surface area contributed by atoms with Crippen molar-refractivity contribution >= 4 is 28.6 Å². The van der Waals surface area contributed by atoms with E-state index in [1.807, 2.05) is 39.4 Å². The van der Waals surface area contributed by atoms with Crippen LogP contribution in [0.15, 0.2) is 35.7 Å². The van der Waals surface area contributed by atoms with Crippen molar-refractivity contribution in [1.29, 1.82) is 0 Å². The number of amides is 1. The standard InChI is InChI=1S/C27H36FN3O2S/c1-3-6-18(4-2)26(25-20-16-29-17-21(20)25)31(27(32)24-7-5-14-34-24)19-8-9-23(22(28)15-19)30-10-12-33-13-11-30/h5,7-9,14-15,18,20-21,25-26,29H,3-4,6,10-13,16-17H2,1-2H3. The average Bonchev–Trinajstić information content (AvgIpc) is 3.25. The van der Waals surface area contributed by atoms with Crippen LogP contribution in [0.1, 0.15) is 42.8 Å². The van der Waals surface area contributed by atoms with E-state index in [4.69, 9.17) is 4.74 Å². The summed E-state index contributed by atoms with van der Waals surface area (Å²) in [5, 5.41) is 5.45. The van der Waals surface area contributed by atoms with E-state index < -0.39 is 0 Å². The van der Waals surface area contributed by atoms with Gasteiger partial charge in [0.2, 0.25) is 0 Å². The van der Waals surface area contributed by atoms with Crippen LogP contribution in [0.2, 0.25) is 0 Å². The molecule has 1 N–H and O–H groups in total. The molecule has 5 nitrogen and oxygen atoms in total. The van der Waals surface area contributed by atoms with E-state index in [1.165, 1.54) is 11.3 Å². The lowest BCUT2D eigenvalue weighted by Gasteiger charge is -2.39. The summed E-state index contributed by atoms with van der Waals surface area (Å²) in [5.41, 5.74) is 1.28. The van der Waals surface area contributed by atoms with Gasteiger partial charge in [-0.3, -0.25) is 4.79 Å². The molecule has 7 heteroatoms. The van der Waals surface area contributed by atoms with Gasteiger partial charge >= 0.3 is 0 Å². The van der Waals surface area contributed by atoms with Crippen molar-refractivity contribution in [1.82, 2.24) is 5.32 Å². The summed E-state index contributed by atoms with van der Waals surface area (Å²) in [6.45, 7) is 9.10. The first kappa shape index (κ1) is 23.8. The van der Waals surface area contributed by atoms with E-state index in [0.29, 0.717) is 61.3 Å². The van der Waals surface area contributed by atoms with Gasteiger partial charge in [0.15, 0.2) is 0 Å². The van der Waals surface area contributed by atoms with Gasteiger partial charge in [0.1, 0.15) is 5.82 Å². The van der Waals surface area contributed by atoms with Gasteiger partial charge in [-0.1, -0.05) is 32.8 Å². The van der Waals surface area contributed by atoms with Crippen LogP contribution in [0.3, 0.4) is 0 Å². The van der Waals surface area contributed by atoms with E-state index in [0.717, 1.165) is 37.2 Å². The molecule has 5 rings (SSSR count). The fourth-order valence-corrected chi connectivity index (χ4v) is 6.97. The number of carbonyl (C=O) groups is 1. The Bertz CT molecular complexity index is 966. The first-order valence-corrected chi connectivity index (χ1v) is 13.7. The van der Waals surface area contributed by atoms with Crippen LogP contribution in [0.5, 0.6) is 0 Å². The molecule has 2 saturated heterocycles. The maximum absolute atomic E-state index is 15.5.